The van der Waals surface area contributed by atoms with Crippen molar-refractivity contribution in [2.24, 2.45) is 5.73 Å². The van der Waals surface area contributed by atoms with Crippen LogP contribution in [0.15, 0.2) is 12.1 Å². The van der Waals surface area contributed by atoms with Crippen molar-refractivity contribution in [1.82, 2.24) is 9.55 Å². The van der Waals surface area contributed by atoms with E-state index in [0.717, 1.165) is 11.9 Å². The maximum absolute atomic E-state index is 11.4. The zero-order valence-electron chi connectivity index (χ0n) is 12.3. The first-order valence-corrected chi connectivity index (χ1v) is 6.63. The van der Waals surface area contributed by atoms with Crippen LogP contribution in [0.2, 0.25) is 0 Å². The number of amides is 2. The molecule has 7 nitrogen and oxygen atoms in total. The molecule has 0 saturated heterocycles. The number of aryl methyl sites for hydroxylation is 1. The largest absolute Gasteiger partial charge is 0.494 e. The Morgan fingerprint density at radius 2 is 2.14 bits per heavy atom. The minimum absolute atomic E-state index is 0.211. The molecule has 1 heterocycles. The van der Waals surface area contributed by atoms with Gasteiger partial charge in [0.05, 0.1) is 12.6 Å². The van der Waals surface area contributed by atoms with Crippen LogP contribution in [0.4, 0.5) is 5.95 Å². The fourth-order valence-corrected chi connectivity index (χ4v) is 2.22. The van der Waals surface area contributed by atoms with Crippen LogP contribution in [0.1, 0.15) is 30.6 Å². The van der Waals surface area contributed by atoms with E-state index in [1.54, 1.807) is 12.1 Å². The summed E-state index contributed by atoms with van der Waals surface area (Å²) in [5.74, 6) is 0.163. The standard InChI is InChI=1S/C14H18N4O3/c1-4-5-18-12-10(17-14(18)16-8(2)19)6-9(13(15)20)7-11(12)21-3/h6-7H,4-5H2,1-3H3,(H2,15,20)(H,16,17,19). The summed E-state index contributed by atoms with van der Waals surface area (Å²) in [5, 5.41) is 2.69. The molecule has 0 bridgehead atoms. The molecule has 3 N–H and O–H groups in total. The lowest BCUT2D eigenvalue weighted by Crippen LogP contribution is -2.12. The fourth-order valence-electron chi connectivity index (χ4n) is 2.22. The third-order valence-electron chi connectivity index (χ3n) is 3.05. The van der Waals surface area contributed by atoms with E-state index in [2.05, 4.69) is 10.3 Å². The van der Waals surface area contributed by atoms with Crippen LogP contribution in [-0.4, -0.2) is 28.5 Å². The Labute approximate surface area is 122 Å². The highest BCUT2D eigenvalue weighted by molar-refractivity contribution is 5.99. The van der Waals surface area contributed by atoms with Gasteiger partial charge in [-0.05, 0) is 18.6 Å². The number of carbonyl (C=O) groups is 2. The molecule has 1 aromatic heterocycles. The number of ether oxygens (including phenoxy) is 1. The molecule has 0 saturated carbocycles. The Morgan fingerprint density at radius 3 is 2.67 bits per heavy atom. The predicted molar refractivity (Wildman–Crippen MR) is 79.4 cm³/mol. The molecule has 2 amide bonds. The normalized spacial score (nSPS) is 10.6. The number of hydrogen-bond donors (Lipinski definition) is 2. The van der Waals surface area contributed by atoms with Gasteiger partial charge < -0.3 is 15.0 Å². The topological polar surface area (TPSA) is 99.2 Å². The summed E-state index contributed by atoms with van der Waals surface area (Å²) in [7, 11) is 1.51. The number of carbonyl (C=O) groups excluding carboxylic acids is 2. The number of nitrogens with one attached hydrogen (secondary N) is 1. The summed E-state index contributed by atoms with van der Waals surface area (Å²) < 4.78 is 7.20. The van der Waals surface area contributed by atoms with Crippen LogP contribution < -0.4 is 15.8 Å². The van der Waals surface area contributed by atoms with Gasteiger partial charge in [-0.2, -0.15) is 0 Å². The van der Waals surface area contributed by atoms with Crippen LogP contribution in [0.3, 0.4) is 0 Å². The molecule has 2 aromatic rings. The number of rotatable bonds is 5. The molecular formula is C14H18N4O3. The molecule has 0 spiro atoms. The van der Waals surface area contributed by atoms with Gasteiger partial charge in [0.15, 0.2) is 0 Å². The quantitative estimate of drug-likeness (QED) is 0.871. The molecule has 0 aliphatic carbocycles. The number of imidazole rings is 1. The van der Waals surface area contributed by atoms with Crippen molar-refractivity contribution in [3.05, 3.63) is 17.7 Å². The van der Waals surface area contributed by atoms with Gasteiger partial charge in [0, 0.05) is 19.0 Å². The monoisotopic (exact) mass is 290 g/mol. The summed E-state index contributed by atoms with van der Waals surface area (Å²) in [6.45, 7) is 4.10. The van der Waals surface area contributed by atoms with Gasteiger partial charge in [-0.25, -0.2) is 4.98 Å². The first-order valence-electron chi connectivity index (χ1n) is 6.63. The van der Waals surface area contributed by atoms with Crippen LogP contribution in [-0.2, 0) is 11.3 Å². The first kappa shape index (κ1) is 14.8. The van der Waals surface area contributed by atoms with Crippen LogP contribution in [0, 0.1) is 0 Å². The second-order valence-corrected chi connectivity index (χ2v) is 4.68. The fraction of sp³-hybridized carbons (Fsp3) is 0.357. The number of benzene rings is 1. The van der Waals surface area contributed by atoms with Gasteiger partial charge in [-0.1, -0.05) is 6.92 Å². The Morgan fingerprint density at radius 1 is 1.43 bits per heavy atom. The van der Waals surface area contributed by atoms with Crippen LogP contribution >= 0.6 is 0 Å². The molecule has 0 atom stereocenters. The summed E-state index contributed by atoms with van der Waals surface area (Å²) in [5.41, 5.74) is 6.91. The predicted octanol–water partition coefficient (Wildman–Crippen LogP) is 1.51. The van der Waals surface area contributed by atoms with E-state index in [4.69, 9.17) is 10.5 Å². The van der Waals surface area contributed by atoms with Crippen molar-refractivity contribution in [3.63, 3.8) is 0 Å². The minimum Gasteiger partial charge on any atom is -0.494 e. The third kappa shape index (κ3) is 2.81. The van der Waals surface area contributed by atoms with Crippen molar-refractivity contribution in [1.29, 1.82) is 0 Å². The summed E-state index contributed by atoms with van der Waals surface area (Å²) in [4.78, 5) is 27.0. The Balaban J connectivity index is 2.73. The van der Waals surface area contributed by atoms with Crippen molar-refractivity contribution < 1.29 is 14.3 Å². The molecule has 0 radical (unpaired) electrons. The highest BCUT2D eigenvalue weighted by atomic mass is 16.5. The van der Waals surface area contributed by atoms with E-state index >= 15 is 0 Å². The molecule has 7 heteroatoms. The van der Waals surface area contributed by atoms with Crippen molar-refractivity contribution in [2.75, 3.05) is 12.4 Å². The van der Waals surface area contributed by atoms with E-state index in [1.807, 2.05) is 11.5 Å². The molecule has 112 valence electrons. The minimum atomic E-state index is -0.554. The maximum atomic E-state index is 11.4. The number of methoxy groups -OCH3 is 1. The Kier molecular flexibility index (Phi) is 4.11. The van der Waals surface area contributed by atoms with Gasteiger partial charge >= 0.3 is 0 Å². The molecule has 21 heavy (non-hydrogen) atoms. The molecule has 0 aliphatic rings. The number of hydrogen-bond acceptors (Lipinski definition) is 4. The summed E-state index contributed by atoms with van der Waals surface area (Å²) in [6, 6.07) is 3.17. The second kappa shape index (κ2) is 5.82. The number of nitrogens with two attached hydrogens (primary N) is 1. The smallest absolute Gasteiger partial charge is 0.248 e. The number of primary amides is 1. The van der Waals surface area contributed by atoms with Gasteiger partial charge in [0.25, 0.3) is 0 Å². The van der Waals surface area contributed by atoms with E-state index in [0.29, 0.717) is 29.3 Å². The summed E-state index contributed by atoms with van der Waals surface area (Å²) >= 11 is 0. The molecule has 0 unspecified atom stereocenters. The van der Waals surface area contributed by atoms with Gasteiger partial charge in [-0.3, -0.25) is 14.9 Å². The Bertz CT molecular complexity index is 706. The highest BCUT2D eigenvalue weighted by Gasteiger charge is 2.17. The lowest BCUT2D eigenvalue weighted by Gasteiger charge is -2.10. The van der Waals surface area contributed by atoms with Crippen LogP contribution in [0.5, 0.6) is 5.75 Å². The maximum Gasteiger partial charge on any atom is 0.248 e. The summed E-state index contributed by atoms with van der Waals surface area (Å²) in [6.07, 6.45) is 0.860. The Hall–Kier alpha value is -2.57. The SMILES string of the molecule is CCCn1c(NC(C)=O)nc2cc(C(N)=O)cc(OC)c21. The molecule has 0 fully saturated rings. The lowest BCUT2D eigenvalue weighted by molar-refractivity contribution is -0.114. The van der Waals surface area contributed by atoms with Crippen molar-refractivity contribution in [2.45, 2.75) is 26.8 Å². The van der Waals surface area contributed by atoms with E-state index in [9.17, 15) is 9.59 Å². The molecule has 2 rings (SSSR count). The van der Waals surface area contributed by atoms with Gasteiger partial charge in [-0.15, -0.1) is 0 Å². The van der Waals surface area contributed by atoms with Crippen LogP contribution in [0.25, 0.3) is 11.0 Å². The van der Waals surface area contributed by atoms with Gasteiger partial charge in [0.2, 0.25) is 17.8 Å². The van der Waals surface area contributed by atoms with E-state index < -0.39 is 5.91 Å². The number of fused-ring (bicyclic) bond motifs is 1. The van der Waals surface area contributed by atoms with Gasteiger partial charge in [0.1, 0.15) is 11.3 Å². The number of nitrogens with zero attached hydrogens (tertiary/aromatic N) is 2. The zero-order chi connectivity index (χ0) is 15.6. The van der Waals surface area contributed by atoms with Crippen molar-refractivity contribution >= 4 is 28.8 Å². The average molecular weight is 290 g/mol. The third-order valence-corrected chi connectivity index (χ3v) is 3.05. The average Bonchev–Trinajstić information content (AvgIpc) is 2.75. The molecular weight excluding hydrogens is 272 g/mol. The van der Waals surface area contributed by atoms with Crippen molar-refractivity contribution in [3.8, 4) is 5.75 Å². The molecule has 0 aliphatic heterocycles. The van der Waals surface area contributed by atoms with E-state index in [-0.39, 0.29) is 5.91 Å². The number of aromatic nitrogens is 2. The molecule has 1 aromatic carbocycles. The first-order chi connectivity index (χ1) is 9.97. The van der Waals surface area contributed by atoms with E-state index in [1.165, 1.54) is 14.0 Å². The highest BCUT2D eigenvalue weighted by Crippen LogP contribution is 2.30. The zero-order valence-corrected chi connectivity index (χ0v) is 12.3. The lowest BCUT2D eigenvalue weighted by atomic mass is 10.1. The second-order valence-electron chi connectivity index (χ2n) is 4.68. The number of anilines is 1.